The van der Waals surface area contributed by atoms with Gasteiger partial charge in [-0.1, -0.05) is 19.3 Å². The Morgan fingerprint density at radius 3 is 2.46 bits per heavy atom. The molecular formula is C18H36IN5O2. The van der Waals surface area contributed by atoms with Crippen LogP contribution >= 0.6 is 24.0 Å². The largest absolute Gasteiger partial charge is 0.388 e. The predicted molar refractivity (Wildman–Crippen MR) is 116 cm³/mol. The molecule has 1 saturated heterocycles. The van der Waals surface area contributed by atoms with E-state index in [2.05, 4.69) is 32.8 Å². The lowest BCUT2D eigenvalue weighted by molar-refractivity contribution is -0.122. The van der Waals surface area contributed by atoms with Crippen molar-refractivity contribution in [2.24, 2.45) is 4.99 Å². The first-order valence-electron chi connectivity index (χ1n) is 9.75. The van der Waals surface area contributed by atoms with Crippen LogP contribution in [0, 0.1) is 0 Å². The number of carbonyl (C=O) groups excluding carboxylic acids is 1. The van der Waals surface area contributed by atoms with Crippen molar-refractivity contribution in [1.82, 2.24) is 20.9 Å². The number of likely N-dealkylation sites (N-methyl/N-ethyl adjacent to an activating group) is 1. The summed E-state index contributed by atoms with van der Waals surface area (Å²) in [6.45, 7) is 5.63. The molecule has 2 aliphatic rings. The number of hydrogen-bond donors (Lipinski definition) is 4. The Morgan fingerprint density at radius 2 is 1.88 bits per heavy atom. The van der Waals surface area contributed by atoms with E-state index in [1.807, 2.05) is 0 Å². The van der Waals surface area contributed by atoms with Gasteiger partial charge in [0, 0.05) is 32.7 Å². The van der Waals surface area contributed by atoms with Crippen molar-refractivity contribution < 1.29 is 9.90 Å². The van der Waals surface area contributed by atoms with Gasteiger partial charge in [-0.25, -0.2) is 0 Å². The van der Waals surface area contributed by atoms with E-state index >= 15 is 0 Å². The molecule has 26 heavy (non-hydrogen) atoms. The van der Waals surface area contributed by atoms with E-state index in [9.17, 15) is 9.90 Å². The molecule has 1 aliphatic carbocycles. The maximum absolute atomic E-state index is 11.5. The van der Waals surface area contributed by atoms with Crippen molar-refractivity contribution in [3.63, 3.8) is 0 Å². The first-order valence-corrected chi connectivity index (χ1v) is 9.75. The Bertz CT molecular complexity index is 447. The minimum atomic E-state index is -0.628. The van der Waals surface area contributed by atoms with Crippen LogP contribution in [0.3, 0.4) is 0 Å². The molecule has 0 radical (unpaired) electrons. The zero-order valence-corrected chi connectivity index (χ0v) is 18.6. The maximum Gasteiger partial charge on any atom is 0.233 e. The van der Waals surface area contributed by atoms with E-state index in [0.29, 0.717) is 19.1 Å². The number of nitrogens with one attached hydrogen (secondary N) is 3. The summed E-state index contributed by atoms with van der Waals surface area (Å²) < 4.78 is 0. The number of aliphatic hydroxyl groups is 1. The number of aliphatic imine (C=N–C) groups is 1. The molecular weight excluding hydrogens is 445 g/mol. The summed E-state index contributed by atoms with van der Waals surface area (Å²) in [5.41, 5.74) is -0.628. The molecule has 0 spiro atoms. The third-order valence-electron chi connectivity index (χ3n) is 5.23. The van der Waals surface area contributed by atoms with Crippen LogP contribution in [0.5, 0.6) is 0 Å². The van der Waals surface area contributed by atoms with E-state index in [4.69, 9.17) is 0 Å². The minimum Gasteiger partial charge on any atom is -0.388 e. The zero-order valence-electron chi connectivity index (χ0n) is 16.2. The summed E-state index contributed by atoms with van der Waals surface area (Å²) in [5.74, 6) is 0.869. The molecule has 1 heterocycles. The number of nitrogens with zero attached hydrogens (tertiary/aromatic N) is 2. The van der Waals surface area contributed by atoms with Crippen molar-refractivity contribution in [3.8, 4) is 0 Å². The number of halogens is 1. The van der Waals surface area contributed by atoms with Crippen LogP contribution in [0.25, 0.3) is 0 Å². The van der Waals surface area contributed by atoms with Crippen molar-refractivity contribution in [1.29, 1.82) is 0 Å². The van der Waals surface area contributed by atoms with Crippen LogP contribution < -0.4 is 16.0 Å². The Morgan fingerprint density at radius 1 is 1.23 bits per heavy atom. The second kappa shape index (κ2) is 12.0. The highest BCUT2D eigenvalue weighted by molar-refractivity contribution is 14.0. The van der Waals surface area contributed by atoms with Crippen molar-refractivity contribution in [2.45, 2.75) is 63.5 Å². The molecule has 0 aromatic rings. The van der Waals surface area contributed by atoms with E-state index in [0.717, 1.165) is 64.1 Å². The van der Waals surface area contributed by atoms with Gasteiger partial charge in [0.2, 0.25) is 5.91 Å². The molecule has 4 N–H and O–H groups in total. The monoisotopic (exact) mass is 481 g/mol. The van der Waals surface area contributed by atoms with Gasteiger partial charge < -0.3 is 21.1 Å². The van der Waals surface area contributed by atoms with Crippen LogP contribution in [0.4, 0.5) is 0 Å². The molecule has 0 atom stereocenters. The molecule has 0 aromatic carbocycles. The fraction of sp³-hybridized carbons (Fsp3) is 0.889. The molecule has 0 unspecified atom stereocenters. The number of piperidine rings is 1. The lowest BCUT2D eigenvalue weighted by Gasteiger charge is -2.33. The van der Waals surface area contributed by atoms with Crippen LogP contribution in [0.2, 0.25) is 0 Å². The number of likely N-dealkylation sites (tertiary alicyclic amines) is 1. The van der Waals surface area contributed by atoms with Gasteiger partial charge in [-0.2, -0.15) is 0 Å². The first-order chi connectivity index (χ1) is 12.0. The van der Waals surface area contributed by atoms with Gasteiger partial charge in [0.1, 0.15) is 0 Å². The number of guanidine groups is 1. The molecule has 2 rings (SSSR count). The SMILES string of the molecule is CCNC(=NCC1(O)CCCCC1)NC1CCN(CC(=O)NC)CC1.I. The summed E-state index contributed by atoms with van der Waals surface area (Å²) in [6.07, 6.45) is 7.11. The molecule has 7 nitrogen and oxygen atoms in total. The van der Waals surface area contributed by atoms with Crippen LogP contribution in [-0.2, 0) is 4.79 Å². The van der Waals surface area contributed by atoms with E-state index in [-0.39, 0.29) is 29.9 Å². The highest BCUT2D eigenvalue weighted by Gasteiger charge is 2.29. The summed E-state index contributed by atoms with van der Waals surface area (Å²) >= 11 is 0. The molecule has 1 aliphatic heterocycles. The van der Waals surface area contributed by atoms with Crippen LogP contribution in [0.1, 0.15) is 51.9 Å². The third-order valence-corrected chi connectivity index (χ3v) is 5.23. The van der Waals surface area contributed by atoms with Crippen molar-refractivity contribution in [3.05, 3.63) is 0 Å². The summed E-state index contributed by atoms with van der Waals surface area (Å²) in [7, 11) is 1.68. The minimum absolute atomic E-state index is 0. The van der Waals surface area contributed by atoms with Crippen molar-refractivity contribution >= 4 is 35.8 Å². The van der Waals surface area contributed by atoms with Crippen molar-refractivity contribution in [2.75, 3.05) is 39.8 Å². The van der Waals surface area contributed by atoms with E-state index in [1.165, 1.54) is 6.42 Å². The number of carbonyl (C=O) groups is 1. The highest BCUT2D eigenvalue weighted by Crippen LogP contribution is 2.28. The number of rotatable bonds is 6. The van der Waals surface area contributed by atoms with Gasteiger partial charge in [-0.05, 0) is 32.6 Å². The fourth-order valence-electron chi connectivity index (χ4n) is 3.63. The Kier molecular flexibility index (Phi) is 10.8. The van der Waals surface area contributed by atoms with Crippen LogP contribution in [-0.4, -0.2) is 73.3 Å². The molecule has 0 bridgehead atoms. The Hall–Kier alpha value is -0.610. The first kappa shape index (κ1) is 23.4. The quantitative estimate of drug-likeness (QED) is 0.259. The van der Waals surface area contributed by atoms with Gasteiger partial charge in [-0.15, -0.1) is 24.0 Å². The van der Waals surface area contributed by atoms with Gasteiger partial charge >= 0.3 is 0 Å². The molecule has 0 aromatic heterocycles. The second-order valence-corrected chi connectivity index (χ2v) is 7.35. The lowest BCUT2D eigenvalue weighted by Crippen LogP contribution is -2.50. The molecule has 152 valence electrons. The van der Waals surface area contributed by atoms with Gasteiger partial charge in [0.05, 0.1) is 18.7 Å². The smallest absolute Gasteiger partial charge is 0.233 e. The van der Waals surface area contributed by atoms with E-state index in [1.54, 1.807) is 7.05 Å². The Labute approximate surface area is 174 Å². The highest BCUT2D eigenvalue weighted by atomic mass is 127. The average molecular weight is 481 g/mol. The van der Waals surface area contributed by atoms with E-state index < -0.39 is 5.60 Å². The number of hydrogen-bond acceptors (Lipinski definition) is 4. The summed E-state index contributed by atoms with van der Waals surface area (Å²) in [4.78, 5) is 18.3. The molecule has 8 heteroatoms. The Balaban J connectivity index is 0.00000338. The van der Waals surface area contributed by atoms with Gasteiger partial charge in [0.25, 0.3) is 0 Å². The second-order valence-electron chi connectivity index (χ2n) is 7.35. The van der Waals surface area contributed by atoms with Crippen LogP contribution in [0.15, 0.2) is 4.99 Å². The third kappa shape index (κ3) is 7.96. The maximum atomic E-state index is 11.5. The number of amides is 1. The zero-order chi connectivity index (χ0) is 18.1. The molecule has 1 amide bonds. The average Bonchev–Trinajstić information content (AvgIpc) is 2.62. The molecule has 2 fully saturated rings. The standard InChI is InChI=1S/C18H35N5O2.HI/c1-3-20-17(21-14-18(25)9-5-4-6-10-18)22-15-7-11-23(12-8-15)13-16(24)19-2;/h15,25H,3-14H2,1-2H3,(H,19,24)(H2,20,21,22);1H. The van der Waals surface area contributed by atoms with Gasteiger partial charge in [-0.3, -0.25) is 14.7 Å². The normalized spacial score (nSPS) is 21.6. The molecule has 1 saturated carbocycles. The summed E-state index contributed by atoms with van der Waals surface area (Å²) in [6, 6.07) is 0.361. The fourth-order valence-corrected chi connectivity index (χ4v) is 3.63. The predicted octanol–water partition coefficient (Wildman–Crippen LogP) is 1.07. The lowest BCUT2D eigenvalue weighted by atomic mass is 9.85. The van der Waals surface area contributed by atoms with Gasteiger partial charge in [0.15, 0.2) is 5.96 Å². The summed E-state index contributed by atoms with van der Waals surface area (Å²) in [5, 5.41) is 20.1. The topological polar surface area (TPSA) is 89.0 Å².